The maximum Gasteiger partial charge on any atom is 0.307 e. The summed E-state index contributed by atoms with van der Waals surface area (Å²) in [6, 6.07) is 0.391. The standard InChI is InChI=1S/C12H24N2O3/c1-3-17-12(15)4-5-13-11(2)10-14-6-8-16-9-7-14/h11,13H,3-10H2,1-2H3. The smallest absolute Gasteiger partial charge is 0.307 e. The largest absolute Gasteiger partial charge is 0.466 e. The Labute approximate surface area is 103 Å². The molecule has 0 saturated carbocycles. The Morgan fingerprint density at radius 3 is 2.82 bits per heavy atom. The molecule has 1 aliphatic rings. The van der Waals surface area contributed by atoms with Crippen molar-refractivity contribution in [1.29, 1.82) is 0 Å². The minimum Gasteiger partial charge on any atom is -0.466 e. The van der Waals surface area contributed by atoms with Gasteiger partial charge in [-0.2, -0.15) is 0 Å². The van der Waals surface area contributed by atoms with Crippen LogP contribution in [0.2, 0.25) is 0 Å². The van der Waals surface area contributed by atoms with Gasteiger partial charge in [0.25, 0.3) is 0 Å². The summed E-state index contributed by atoms with van der Waals surface area (Å²) >= 11 is 0. The van der Waals surface area contributed by atoms with E-state index in [-0.39, 0.29) is 5.97 Å². The molecule has 1 unspecified atom stereocenters. The molecule has 17 heavy (non-hydrogen) atoms. The molecule has 1 aliphatic heterocycles. The van der Waals surface area contributed by atoms with Crippen LogP contribution in [0, 0.1) is 0 Å². The number of morpholine rings is 1. The van der Waals surface area contributed by atoms with E-state index in [1.807, 2.05) is 6.92 Å². The predicted octanol–water partition coefficient (Wildman–Crippen LogP) is 0.250. The number of carbonyl (C=O) groups is 1. The third kappa shape index (κ3) is 6.61. The molecular weight excluding hydrogens is 220 g/mol. The topological polar surface area (TPSA) is 50.8 Å². The van der Waals surface area contributed by atoms with Gasteiger partial charge in [0.05, 0.1) is 26.2 Å². The lowest BCUT2D eigenvalue weighted by atomic mass is 10.2. The Morgan fingerprint density at radius 2 is 2.18 bits per heavy atom. The number of ether oxygens (including phenoxy) is 2. The summed E-state index contributed by atoms with van der Waals surface area (Å²) in [7, 11) is 0. The number of nitrogens with one attached hydrogen (secondary N) is 1. The van der Waals surface area contributed by atoms with Crippen LogP contribution in [0.4, 0.5) is 0 Å². The Hall–Kier alpha value is -0.650. The van der Waals surface area contributed by atoms with Gasteiger partial charge in [0.2, 0.25) is 0 Å². The second kappa shape index (κ2) is 8.44. The van der Waals surface area contributed by atoms with Crippen molar-refractivity contribution in [3.8, 4) is 0 Å². The summed E-state index contributed by atoms with van der Waals surface area (Å²) in [5.41, 5.74) is 0. The third-order valence-corrected chi connectivity index (χ3v) is 2.76. The molecule has 0 aromatic heterocycles. The maximum atomic E-state index is 11.1. The highest BCUT2D eigenvalue weighted by molar-refractivity contribution is 5.69. The van der Waals surface area contributed by atoms with Crippen LogP contribution in [-0.4, -0.2) is 62.9 Å². The molecule has 5 nitrogen and oxygen atoms in total. The molecule has 0 amide bonds. The number of hydrogen-bond donors (Lipinski definition) is 1. The van der Waals surface area contributed by atoms with Gasteiger partial charge in [-0.3, -0.25) is 9.69 Å². The molecule has 100 valence electrons. The van der Waals surface area contributed by atoms with Crippen LogP contribution < -0.4 is 5.32 Å². The summed E-state index contributed by atoms with van der Waals surface area (Å²) in [5.74, 6) is -0.126. The van der Waals surface area contributed by atoms with Crippen LogP contribution in [0.5, 0.6) is 0 Å². The quantitative estimate of drug-likeness (QED) is 0.651. The van der Waals surface area contributed by atoms with Crippen LogP contribution >= 0.6 is 0 Å². The minimum absolute atomic E-state index is 0.126. The molecule has 1 rings (SSSR count). The van der Waals surface area contributed by atoms with Crippen LogP contribution in [-0.2, 0) is 14.3 Å². The summed E-state index contributed by atoms with van der Waals surface area (Å²) < 4.78 is 10.2. The van der Waals surface area contributed by atoms with Gasteiger partial charge in [-0.15, -0.1) is 0 Å². The lowest BCUT2D eigenvalue weighted by Crippen LogP contribution is -2.44. The molecule has 1 N–H and O–H groups in total. The Balaban J connectivity index is 2.03. The first-order valence-electron chi connectivity index (χ1n) is 6.41. The van der Waals surface area contributed by atoms with Crippen molar-refractivity contribution in [3.63, 3.8) is 0 Å². The van der Waals surface area contributed by atoms with E-state index in [2.05, 4.69) is 17.1 Å². The van der Waals surface area contributed by atoms with E-state index in [1.54, 1.807) is 0 Å². The Morgan fingerprint density at radius 1 is 1.47 bits per heavy atom. The molecule has 5 heteroatoms. The van der Waals surface area contributed by atoms with Crippen LogP contribution in [0.25, 0.3) is 0 Å². The van der Waals surface area contributed by atoms with E-state index in [0.29, 0.717) is 25.6 Å². The number of carbonyl (C=O) groups excluding carboxylic acids is 1. The first-order valence-corrected chi connectivity index (χ1v) is 6.41. The summed E-state index contributed by atoms with van der Waals surface area (Å²) in [5, 5.41) is 3.34. The zero-order valence-corrected chi connectivity index (χ0v) is 10.9. The van der Waals surface area contributed by atoms with Crippen molar-refractivity contribution in [2.45, 2.75) is 26.3 Å². The Bertz CT molecular complexity index is 218. The molecule has 0 aromatic carbocycles. The van der Waals surface area contributed by atoms with Gasteiger partial charge in [-0.1, -0.05) is 0 Å². The minimum atomic E-state index is -0.126. The monoisotopic (exact) mass is 244 g/mol. The van der Waals surface area contributed by atoms with Crippen molar-refractivity contribution in [2.75, 3.05) is 46.0 Å². The average molecular weight is 244 g/mol. The van der Waals surface area contributed by atoms with Crippen LogP contribution in [0.1, 0.15) is 20.3 Å². The van der Waals surface area contributed by atoms with Crippen molar-refractivity contribution in [3.05, 3.63) is 0 Å². The lowest BCUT2D eigenvalue weighted by Gasteiger charge is -2.29. The summed E-state index contributed by atoms with van der Waals surface area (Å²) in [4.78, 5) is 13.5. The second-order valence-electron chi connectivity index (χ2n) is 4.32. The normalized spacial score (nSPS) is 18.9. The molecule has 1 atom stereocenters. The van der Waals surface area contributed by atoms with E-state index in [9.17, 15) is 4.79 Å². The van der Waals surface area contributed by atoms with Crippen molar-refractivity contribution in [1.82, 2.24) is 10.2 Å². The Kier molecular flexibility index (Phi) is 7.16. The number of rotatable bonds is 7. The fraction of sp³-hybridized carbons (Fsp3) is 0.917. The van der Waals surface area contributed by atoms with Gasteiger partial charge >= 0.3 is 5.97 Å². The highest BCUT2D eigenvalue weighted by atomic mass is 16.5. The summed E-state index contributed by atoms with van der Waals surface area (Å²) in [6.07, 6.45) is 0.446. The van der Waals surface area contributed by atoms with Gasteiger partial charge in [-0.25, -0.2) is 0 Å². The molecule has 0 spiro atoms. The van der Waals surface area contributed by atoms with Crippen molar-refractivity contribution in [2.24, 2.45) is 0 Å². The van der Waals surface area contributed by atoms with E-state index in [4.69, 9.17) is 9.47 Å². The maximum absolute atomic E-state index is 11.1. The number of hydrogen-bond acceptors (Lipinski definition) is 5. The predicted molar refractivity (Wildman–Crippen MR) is 66.0 cm³/mol. The van der Waals surface area contributed by atoms with E-state index < -0.39 is 0 Å². The average Bonchev–Trinajstić information content (AvgIpc) is 2.30. The molecule has 1 heterocycles. The van der Waals surface area contributed by atoms with Crippen molar-refractivity contribution < 1.29 is 14.3 Å². The fourth-order valence-electron chi connectivity index (χ4n) is 1.89. The molecular formula is C12H24N2O3. The van der Waals surface area contributed by atoms with E-state index >= 15 is 0 Å². The van der Waals surface area contributed by atoms with Crippen molar-refractivity contribution >= 4 is 5.97 Å². The SMILES string of the molecule is CCOC(=O)CCNC(C)CN1CCOCC1. The van der Waals surface area contributed by atoms with Gasteiger partial charge in [0.15, 0.2) is 0 Å². The number of nitrogens with zero attached hydrogens (tertiary/aromatic N) is 1. The van der Waals surface area contributed by atoms with Crippen LogP contribution in [0.3, 0.4) is 0 Å². The molecule has 0 aliphatic carbocycles. The zero-order chi connectivity index (χ0) is 12.5. The molecule has 0 bridgehead atoms. The first kappa shape index (κ1) is 14.4. The number of esters is 1. The second-order valence-corrected chi connectivity index (χ2v) is 4.32. The lowest BCUT2D eigenvalue weighted by molar-refractivity contribution is -0.143. The molecule has 1 saturated heterocycles. The fourth-order valence-corrected chi connectivity index (χ4v) is 1.89. The zero-order valence-electron chi connectivity index (χ0n) is 10.9. The van der Waals surface area contributed by atoms with Gasteiger partial charge in [-0.05, 0) is 13.8 Å². The van der Waals surface area contributed by atoms with E-state index in [0.717, 1.165) is 32.8 Å². The highest BCUT2D eigenvalue weighted by Crippen LogP contribution is 1.98. The molecule has 0 aromatic rings. The van der Waals surface area contributed by atoms with Gasteiger partial charge in [0, 0.05) is 32.2 Å². The van der Waals surface area contributed by atoms with Gasteiger partial charge < -0.3 is 14.8 Å². The van der Waals surface area contributed by atoms with Gasteiger partial charge in [0.1, 0.15) is 0 Å². The summed E-state index contributed by atoms with van der Waals surface area (Å²) in [6.45, 7) is 9.78. The third-order valence-electron chi connectivity index (χ3n) is 2.76. The van der Waals surface area contributed by atoms with Crippen LogP contribution in [0.15, 0.2) is 0 Å². The van der Waals surface area contributed by atoms with E-state index in [1.165, 1.54) is 0 Å². The first-order chi connectivity index (χ1) is 8.22. The highest BCUT2D eigenvalue weighted by Gasteiger charge is 2.13. The molecule has 0 radical (unpaired) electrons. The molecule has 1 fully saturated rings.